The third-order valence-electron chi connectivity index (χ3n) is 3.93. The van der Waals surface area contributed by atoms with Gasteiger partial charge in [-0.15, -0.1) is 0 Å². The van der Waals surface area contributed by atoms with Crippen LogP contribution in [0, 0.1) is 0 Å². The summed E-state index contributed by atoms with van der Waals surface area (Å²) >= 11 is 0. The molecule has 1 aliphatic rings. The molecule has 2 rings (SSSR count). The maximum Gasteiger partial charge on any atom is 0.410 e. The Morgan fingerprint density at radius 3 is 2.48 bits per heavy atom. The van der Waals surface area contributed by atoms with Gasteiger partial charge in [0.25, 0.3) is 0 Å². The van der Waals surface area contributed by atoms with Crippen molar-refractivity contribution < 1.29 is 24.3 Å². The van der Waals surface area contributed by atoms with Gasteiger partial charge >= 0.3 is 12.2 Å². The van der Waals surface area contributed by atoms with Crippen LogP contribution in [0.3, 0.4) is 0 Å². The van der Waals surface area contributed by atoms with Crippen LogP contribution < -0.4 is 5.73 Å². The van der Waals surface area contributed by atoms with Crippen molar-refractivity contribution in [2.75, 3.05) is 19.6 Å². The van der Waals surface area contributed by atoms with Gasteiger partial charge in [-0.1, -0.05) is 35.5 Å². The Balaban J connectivity index is 2.04. The molecule has 1 atom stereocenters. The lowest BCUT2D eigenvalue weighted by atomic mass is 10.1. The quantitative estimate of drug-likeness (QED) is 0.359. The second-order valence-electron chi connectivity index (χ2n) is 7.20. The summed E-state index contributed by atoms with van der Waals surface area (Å²) in [6.07, 6.45) is -1.12. The molecule has 9 heteroatoms. The number of hydrogen-bond donors (Lipinski definition) is 2. The van der Waals surface area contributed by atoms with Crippen molar-refractivity contribution in [1.82, 2.24) is 9.80 Å². The highest BCUT2D eigenvalue weighted by Crippen LogP contribution is 2.17. The number of nitrogens with zero attached hydrogens (tertiary/aromatic N) is 3. The molecule has 9 nitrogen and oxygen atoms in total. The molecule has 0 saturated carbocycles. The third kappa shape index (κ3) is 5.77. The molecule has 1 aromatic carbocycles. The first-order chi connectivity index (χ1) is 12.7. The molecule has 27 heavy (non-hydrogen) atoms. The molecule has 2 amide bonds. The van der Waals surface area contributed by atoms with Crippen LogP contribution in [-0.4, -0.2) is 64.3 Å². The topological polar surface area (TPSA) is 118 Å². The Kier molecular flexibility index (Phi) is 6.49. The molecule has 1 unspecified atom stereocenters. The second-order valence-corrected chi connectivity index (χ2v) is 7.20. The summed E-state index contributed by atoms with van der Waals surface area (Å²) in [7, 11) is 0. The van der Waals surface area contributed by atoms with E-state index in [1.165, 1.54) is 9.80 Å². The van der Waals surface area contributed by atoms with E-state index in [2.05, 4.69) is 5.16 Å². The summed E-state index contributed by atoms with van der Waals surface area (Å²) in [5.74, 6) is -0.181. The first-order valence-corrected chi connectivity index (χ1v) is 8.64. The molecule has 1 fully saturated rings. The number of carbonyl (C=O) groups excluding carboxylic acids is 2. The minimum Gasteiger partial charge on any atom is -0.445 e. The highest BCUT2D eigenvalue weighted by atomic mass is 16.6. The second kappa shape index (κ2) is 8.61. The molecule has 148 valence electrons. The van der Waals surface area contributed by atoms with Crippen molar-refractivity contribution in [2.45, 2.75) is 39.0 Å². The molecule has 1 aromatic rings. The van der Waals surface area contributed by atoms with Gasteiger partial charge in [0.2, 0.25) is 0 Å². The SMILES string of the molecule is CC(C)(C)OC(=O)N1CCN(C(=O)OCc2ccccc2)C(/C(N)=N/O)C1. The van der Waals surface area contributed by atoms with Gasteiger partial charge in [0, 0.05) is 13.1 Å². The van der Waals surface area contributed by atoms with Crippen LogP contribution in [0.1, 0.15) is 26.3 Å². The first kappa shape index (κ1) is 20.3. The molecule has 0 radical (unpaired) electrons. The Morgan fingerprint density at radius 2 is 1.89 bits per heavy atom. The highest BCUT2D eigenvalue weighted by Gasteiger charge is 2.37. The smallest absolute Gasteiger partial charge is 0.410 e. The number of ether oxygens (including phenoxy) is 2. The molecule has 0 bridgehead atoms. The number of amidine groups is 1. The maximum atomic E-state index is 12.5. The van der Waals surface area contributed by atoms with Gasteiger partial charge < -0.3 is 25.3 Å². The van der Waals surface area contributed by atoms with E-state index in [1.807, 2.05) is 30.3 Å². The largest absolute Gasteiger partial charge is 0.445 e. The van der Waals surface area contributed by atoms with Gasteiger partial charge in [0.1, 0.15) is 18.2 Å². The zero-order valence-corrected chi connectivity index (χ0v) is 15.8. The van der Waals surface area contributed by atoms with Crippen LogP contribution in [-0.2, 0) is 16.1 Å². The van der Waals surface area contributed by atoms with Gasteiger partial charge in [-0.2, -0.15) is 0 Å². The van der Waals surface area contributed by atoms with E-state index >= 15 is 0 Å². The summed E-state index contributed by atoms with van der Waals surface area (Å²) in [6.45, 7) is 5.88. The standard InChI is InChI=1S/C18H26N4O5/c1-18(2,3)27-16(23)21-9-10-22(14(11-21)15(19)20-25)17(24)26-12-13-7-5-4-6-8-13/h4-8,14,25H,9-12H2,1-3H3,(H2,19,20). The Morgan fingerprint density at radius 1 is 1.22 bits per heavy atom. The van der Waals surface area contributed by atoms with E-state index in [4.69, 9.17) is 20.4 Å². The van der Waals surface area contributed by atoms with Gasteiger partial charge in [0.15, 0.2) is 5.84 Å². The zero-order chi connectivity index (χ0) is 20.0. The molecule has 1 saturated heterocycles. The number of carbonyl (C=O) groups is 2. The van der Waals surface area contributed by atoms with Crippen LogP contribution in [0.4, 0.5) is 9.59 Å². The predicted octanol–water partition coefficient (Wildman–Crippen LogP) is 1.99. The highest BCUT2D eigenvalue weighted by molar-refractivity contribution is 5.89. The van der Waals surface area contributed by atoms with Gasteiger partial charge in [-0.05, 0) is 26.3 Å². The number of piperazine rings is 1. The number of rotatable bonds is 3. The molecule has 1 heterocycles. The molecule has 0 aromatic heterocycles. The first-order valence-electron chi connectivity index (χ1n) is 8.64. The fraction of sp³-hybridized carbons (Fsp3) is 0.500. The molecule has 1 aliphatic heterocycles. The Hall–Kier alpha value is -2.97. The van der Waals surface area contributed by atoms with E-state index in [9.17, 15) is 9.59 Å². The van der Waals surface area contributed by atoms with E-state index in [1.54, 1.807) is 20.8 Å². The monoisotopic (exact) mass is 378 g/mol. The number of amides is 2. The lowest BCUT2D eigenvalue weighted by Gasteiger charge is -2.40. The van der Waals surface area contributed by atoms with Gasteiger partial charge in [0.05, 0.1) is 6.54 Å². The van der Waals surface area contributed by atoms with E-state index in [0.717, 1.165) is 5.56 Å². The van der Waals surface area contributed by atoms with E-state index < -0.39 is 23.8 Å². The normalized spacial score (nSPS) is 18.2. The average molecular weight is 378 g/mol. The van der Waals surface area contributed by atoms with Crippen LogP contribution in [0.15, 0.2) is 35.5 Å². The molecular weight excluding hydrogens is 352 g/mol. The Labute approximate surface area is 158 Å². The maximum absolute atomic E-state index is 12.5. The molecule has 0 spiro atoms. The van der Waals surface area contributed by atoms with Crippen LogP contribution in [0.2, 0.25) is 0 Å². The molecule has 0 aliphatic carbocycles. The van der Waals surface area contributed by atoms with Crippen molar-refractivity contribution in [1.29, 1.82) is 0 Å². The lowest BCUT2D eigenvalue weighted by Crippen LogP contribution is -2.61. The minimum atomic E-state index is -0.806. The average Bonchev–Trinajstić information content (AvgIpc) is 2.64. The predicted molar refractivity (Wildman–Crippen MR) is 98.3 cm³/mol. The van der Waals surface area contributed by atoms with Crippen molar-refractivity contribution in [3.63, 3.8) is 0 Å². The summed E-state index contributed by atoms with van der Waals surface area (Å²) in [4.78, 5) is 27.5. The number of benzene rings is 1. The fourth-order valence-corrected chi connectivity index (χ4v) is 2.62. The summed E-state index contributed by atoms with van der Waals surface area (Å²) in [6, 6.07) is 8.45. The van der Waals surface area contributed by atoms with Crippen molar-refractivity contribution in [2.24, 2.45) is 10.9 Å². The molecule has 3 N–H and O–H groups in total. The Bertz CT molecular complexity index is 687. The van der Waals surface area contributed by atoms with E-state index in [0.29, 0.717) is 0 Å². The summed E-state index contributed by atoms with van der Waals surface area (Å²) in [5, 5.41) is 12.1. The minimum absolute atomic E-state index is 0.0469. The summed E-state index contributed by atoms with van der Waals surface area (Å²) < 4.78 is 10.7. The lowest BCUT2D eigenvalue weighted by molar-refractivity contribution is 0.00762. The number of oxime groups is 1. The summed E-state index contributed by atoms with van der Waals surface area (Å²) in [5.41, 5.74) is 5.95. The van der Waals surface area contributed by atoms with Crippen molar-refractivity contribution in [3.05, 3.63) is 35.9 Å². The molecular formula is C18H26N4O5. The zero-order valence-electron chi connectivity index (χ0n) is 15.8. The van der Waals surface area contributed by atoms with Gasteiger partial charge in [-0.25, -0.2) is 9.59 Å². The van der Waals surface area contributed by atoms with E-state index in [-0.39, 0.29) is 32.1 Å². The van der Waals surface area contributed by atoms with Gasteiger partial charge in [-0.3, -0.25) is 4.90 Å². The third-order valence-corrected chi connectivity index (χ3v) is 3.93. The van der Waals surface area contributed by atoms with Crippen LogP contribution in [0.25, 0.3) is 0 Å². The number of hydrogen-bond acceptors (Lipinski definition) is 6. The van der Waals surface area contributed by atoms with Crippen molar-refractivity contribution >= 4 is 18.0 Å². The van der Waals surface area contributed by atoms with Crippen molar-refractivity contribution in [3.8, 4) is 0 Å². The van der Waals surface area contributed by atoms with Crippen LogP contribution >= 0.6 is 0 Å². The fourth-order valence-electron chi connectivity index (χ4n) is 2.62. The number of nitrogens with two attached hydrogens (primary N) is 1. The van der Waals surface area contributed by atoms with Crippen LogP contribution in [0.5, 0.6) is 0 Å².